The highest BCUT2D eigenvalue weighted by Gasteiger charge is 2.17. The van der Waals surface area contributed by atoms with Gasteiger partial charge in [0, 0.05) is 31.7 Å². The Morgan fingerprint density at radius 1 is 1.14 bits per heavy atom. The minimum absolute atomic E-state index is 0.0863. The summed E-state index contributed by atoms with van der Waals surface area (Å²) in [6.07, 6.45) is 5.42. The SMILES string of the molecule is Cc1ccccc1-n1ccnc1SCC(=O)Nc1cccnc1N1CCOCC1. The summed E-state index contributed by atoms with van der Waals surface area (Å²) in [4.78, 5) is 23.6. The fraction of sp³-hybridized carbons (Fsp3) is 0.286. The summed E-state index contributed by atoms with van der Waals surface area (Å²) in [6.45, 7) is 4.93. The third-order valence-electron chi connectivity index (χ3n) is 4.69. The quantitative estimate of drug-likeness (QED) is 0.631. The molecule has 29 heavy (non-hydrogen) atoms. The molecule has 3 aromatic rings. The number of rotatable bonds is 6. The Morgan fingerprint density at radius 2 is 1.97 bits per heavy atom. The van der Waals surface area contributed by atoms with Gasteiger partial charge in [-0.2, -0.15) is 0 Å². The molecule has 0 radical (unpaired) electrons. The van der Waals surface area contributed by atoms with Crippen LogP contribution in [0.1, 0.15) is 5.56 Å². The topological polar surface area (TPSA) is 72.3 Å². The zero-order valence-corrected chi connectivity index (χ0v) is 17.1. The number of hydrogen-bond donors (Lipinski definition) is 1. The molecule has 7 nitrogen and oxygen atoms in total. The van der Waals surface area contributed by atoms with Crippen LogP contribution in [0, 0.1) is 6.92 Å². The van der Waals surface area contributed by atoms with E-state index in [-0.39, 0.29) is 11.7 Å². The Bertz CT molecular complexity index is 984. The lowest BCUT2D eigenvalue weighted by molar-refractivity contribution is -0.113. The van der Waals surface area contributed by atoms with Gasteiger partial charge in [-0.05, 0) is 30.7 Å². The van der Waals surface area contributed by atoms with E-state index < -0.39 is 0 Å². The summed E-state index contributed by atoms with van der Waals surface area (Å²) in [5.41, 5.74) is 2.94. The number of morpholine rings is 1. The average Bonchev–Trinajstić information content (AvgIpc) is 3.22. The van der Waals surface area contributed by atoms with Gasteiger partial charge in [0.25, 0.3) is 0 Å². The predicted octanol–water partition coefficient (Wildman–Crippen LogP) is 3.14. The first-order chi connectivity index (χ1) is 14.2. The van der Waals surface area contributed by atoms with Crippen molar-refractivity contribution in [2.24, 2.45) is 0 Å². The molecule has 8 heteroatoms. The fourth-order valence-electron chi connectivity index (χ4n) is 3.25. The van der Waals surface area contributed by atoms with Crippen molar-refractivity contribution in [3.05, 3.63) is 60.6 Å². The van der Waals surface area contributed by atoms with Crippen LogP contribution < -0.4 is 10.2 Å². The van der Waals surface area contributed by atoms with Crippen molar-refractivity contribution >= 4 is 29.2 Å². The van der Waals surface area contributed by atoms with Crippen LogP contribution in [-0.2, 0) is 9.53 Å². The number of imidazole rings is 1. The largest absolute Gasteiger partial charge is 0.378 e. The molecule has 3 heterocycles. The van der Waals surface area contributed by atoms with Crippen LogP contribution in [0.25, 0.3) is 5.69 Å². The lowest BCUT2D eigenvalue weighted by atomic mass is 10.2. The predicted molar refractivity (Wildman–Crippen MR) is 115 cm³/mol. The third kappa shape index (κ3) is 4.60. The number of pyridine rings is 1. The van der Waals surface area contributed by atoms with Crippen LogP contribution in [0.15, 0.2) is 60.1 Å². The van der Waals surface area contributed by atoms with Gasteiger partial charge < -0.3 is 15.0 Å². The van der Waals surface area contributed by atoms with Crippen molar-refractivity contribution in [2.45, 2.75) is 12.1 Å². The fourth-order valence-corrected chi connectivity index (χ4v) is 4.02. The van der Waals surface area contributed by atoms with E-state index in [1.165, 1.54) is 11.8 Å². The molecule has 0 aliphatic carbocycles. The summed E-state index contributed by atoms with van der Waals surface area (Å²) in [5, 5.41) is 3.79. The molecule has 2 aromatic heterocycles. The summed E-state index contributed by atoms with van der Waals surface area (Å²) >= 11 is 1.41. The lowest BCUT2D eigenvalue weighted by Gasteiger charge is -2.29. The van der Waals surface area contributed by atoms with E-state index in [0.717, 1.165) is 41.0 Å². The van der Waals surface area contributed by atoms with E-state index >= 15 is 0 Å². The van der Waals surface area contributed by atoms with Crippen LogP contribution in [0.4, 0.5) is 11.5 Å². The molecule has 1 aliphatic rings. The molecule has 1 amide bonds. The normalized spacial score (nSPS) is 14.0. The highest BCUT2D eigenvalue weighted by Crippen LogP contribution is 2.25. The zero-order valence-electron chi connectivity index (χ0n) is 16.2. The first-order valence-electron chi connectivity index (χ1n) is 9.52. The molecular formula is C21H23N5O2S. The van der Waals surface area contributed by atoms with Crippen molar-refractivity contribution in [3.63, 3.8) is 0 Å². The lowest BCUT2D eigenvalue weighted by Crippen LogP contribution is -2.37. The number of amides is 1. The molecule has 1 aliphatic heterocycles. The van der Waals surface area contributed by atoms with E-state index in [4.69, 9.17) is 4.74 Å². The van der Waals surface area contributed by atoms with Gasteiger partial charge in [-0.15, -0.1) is 0 Å². The van der Waals surface area contributed by atoms with Crippen LogP contribution >= 0.6 is 11.8 Å². The number of benzene rings is 1. The zero-order chi connectivity index (χ0) is 20.1. The number of hydrogen-bond acceptors (Lipinski definition) is 6. The Labute approximate surface area is 174 Å². The first-order valence-corrected chi connectivity index (χ1v) is 10.5. The number of anilines is 2. The van der Waals surface area contributed by atoms with E-state index in [1.54, 1.807) is 12.4 Å². The van der Waals surface area contributed by atoms with Crippen LogP contribution in [0.5, 0.6) is 0 Å². The van der Waals surface area contributed by atoms with Crippen molar-refractivity contribution < 1.29 is 9.53 Å². The van der Waals surface area contributed by atoms with Crippen molar-refractivity contribution in [3.8, 4) is 5.69 Å². The maximum atomic E-state index is 12.6. The number of nitrogens with one attached hydrogen (secondary N) is 1. The van der Waals surface area contributed by atoms with Crippen LogP contribution in [0.2, 0.25) is 0 Å². The molecule has 1 aromatic carbocycles. The van der Waals surface area contributed by atoms with Crippen molar-refractivity contribution in [1.82, 2.24) is 14.5 Å². The molecule has 1 N–H and O–H groups in total. The van der Waals surface area contributed by atoms with Gasteiger partial charge in [-0.25, -0.2) is 9.97 Å². The number of aromatic nitrogens is 3. The third-order valence-corrected chi connectivity index (χ3v) is 5.65. The number of para-hydroxylation sites is 1. The number of nitrogens with zero attached hydrogens (tertiary/aromatic N) is 4. The summed E-state index contributed by atoms with van der Waals surface area (Å²) < 4.78 is 7.42. The average molecular weight is 410 g/mol. The van der Waals surface area contributed by atoms with Gasteiger partial charge in [-0.3, -0.25) is 9.36 Å². The maximum Gasteiger partial charge on any atom is 0.234 e. The Balaban J connectivity index is 1.42. The van der Waals surface area contributed by atoms with Gasteiger partial charge in [-0.1, -0.05) is 30.0 Å². The van der Waals surface area contributed by atoms with Gasteiger partial charge in [0.15, 0.2) is 11.0 Å². The molecule has 1 saturated heterocycles. The van der Waals surface area contributed by atoms with E-state index in [0.29, 0.717) is 13.2 Å². The summed E-state index contributed by atoms with van der Waals surface area (Å²) in [6, 6.07) is 11.8. The van der Waals surface area contributed by atoms with E-state index in [1.807, 2.05) is 41.1 Å². The Morgan fingerprint density at radius 3 is 2.79 bits per heavy atom. The molecule has 0 unspecified atom stereocenters. The number of thioether (sulfide) groups is 1. The van der Waals surface area contributed by atoms with Crippen molar-refractivity contribution in [2.75, 3.05) is 42.3 Å². The molecule has 1 fully saturated rings. The monoisotopic (exact) mass is 409 g/mol. The van der Waals surface area contributed by atoms with E-state index in [2.05, 4.69) is 33.2 Å². The summed E-state index contributed by atoms with van der Waals surface area (Å²) in [7, 11) is 0. The standard InChI is InChI=1S/C21H23N5O2S/c1-16-5-2-3-7-18(16)26-10-9-23-21(26)29-15-19(27)24-17-6-4-8-22-20(17)25-11-13-28-14-12-25/h2-10H,11-15H2,1H3,(H,24,27). The molecule has 0 bridgehead atoms. The molecular weight excluding hydrogens is 386 g/mol. The van der Waals surface area contributed by atoms with Crippen LogP contribution in [0.3, 0.4) is 0 Å². The Hall–Kier alpha value is -2.84. The second kappa shape index (κ2) is 9.11. The van der Waals surface area contributed by atoms with Crippen LogP contribution in [-0.4, -0.2) is 52.5 Å². The molecule has 0 spiro atoms. The molecule has 150 valence electrons. The minimum Gasteiger partial charge on any atom is -0.378 e. The molecule has 0 atom stereocenters. The number of ether oxygens (including phenoxy) is 1. The second-order valence-corrected chi connectivity index (χ2v) is 7.62. The smallest absolute Gasteiger partial charge is 0.234 e. The minimum atomic E-state index is -0.0863. The van der Waals surface area contributed by atoms with Gasteiger partial charge >= 0.3 is 0 Å². The van der Waals surface area contributed by atoms with Crippen molar-refractivity contribution in [1.29, 1.82) is 0 Å². The molecule has 4 rings (SSSR count). The Kier molecular flexibility index (Phi) is 6.12. The number of carbonyl (C=O) groups is 1. The number of carbonyl (C=O) groups excluding carboxylic acids is 1. The number of aryl methyl sites for hydroxylation is 1. The highest BCUT2D eigenvalue weighted by atomic mass is 32.2. The van der Waals surface area contributed by atoms with Gasteiger partial charge in [0.2, 0.25) is 5.91 Å². The second-order valence-electron chi connectivity index (χ2n) is 6.68. The summed E-state index contributed by atoms with van der Waals surface area (Å²) in [5.74, 6) is 0.966. The van der Waals surface area contributed by atoms with Gasteiger partial charge in [0.05, 0.1) is 30.3 Å². The van der Waals surface area contributed by atoms with Gasteiger partial charge in [0.1, 0.15) is 0 Å². The molecule has 0 saturated carbocycles. The highest BCUT2D eigenvalue weighted by molar-refractivity contribution is 7.99. The van der Waals surface area contributed by atoms with E-state index in [9.17, 15) is 4.79 Å². The maximum absolute atomic E-state index is 12.6. The first kappa shape index (κ1) is 19.5.